The maximum absolute atomic E-state index is 12.7. The summed E-state index contributed by atoms with van der Waals surface area (Å²) in [6.07, 6.45) is 0.833. The van der Waals surface area contributed by atoms with Gasteiger partial charge in [-0.3, -0.25) is 9.59 Å². The molecule has 150 valence electrons. The van der Waals surface area contributed by atoms with Crippen LogP contribution < -0.4 is 15.4 Å². The van der Waals surface area contributed by atoms with Crippen LogP contribution in [0, 0.1) is 5.92 Å². The number of anilines is 1. The quantitative estimate of drug-likeness (QED) is 0.580. The monoisotopic (exact) mass is 446 g/mol. The van der Waals surface area contributed by atoms with E-state index in [2.05, 4.69) is 40.4 Å². The number of hydrogen-bond donors (Lipinski definition) is 2. The highest BCUT2D eigenvalue weighted by atomic mass is 79.9. The van der Waals surface area contributed by atoms with Gasteiger partial charge in [-0.15, -0.1) is 0 Å². The van der Waals surface area contributed by atoms with Gasteiger partial charge in [0.1, 0.15) is 5.75 Å². The average Bonchev–Trinajstić information content (AvgIpc) is 2.67. The highest BCUT2D eigenvalue weighted by Crippen LogP contribution is 2.27. The van der Waals surface area contributed by atoms with Crippen molar-refractivity contribution >= 4 is 33.4 Å². The van der Waals surface area contributed by atoms with Crippen LogP contribution in [0.25, 0.3) is 0 Å². The first-order chi connectivity index (χ1) is 13.3. The first-order valence-electron chi connectivity index (χ1n) is 9.45. The molecule has 0 bridgehead atoms. The van der Waals surface area contributed by atoms with Gasteiger partial charge in [0, 0.05) is 11.6 Å². The van der Waals surface area contributed by atoms with Crippen molar-refractivity contribution in [2.45, 2.75) is 40.2 Å². The molecule has 0 aliphatic rings. The maximum Gasteiger partial charge on any atom is 0.255 e. The second-order valence-corrected chi connectivity index (χ2v) is 7.99. The fourth-order valence-corrected chi connectivity index (χ4v) is 2.90. The molecule has 0 heterocycles. The lowest BCUT2D eigenvalue weighted by molar-refractivity contribution is 0.0940. The van der Waals surface area contributed by atoms with Gasteiger partial charge in [0.25, 0.3) is 11.8 Å². The van der Waals surface area contributed by atoms with Crippen molar-refractivity contribution in [3.8, 4) is 5.75 Å². The van der Waals surface area contributed by atoms with Crippen LogP contribution >= 0.6 is 15.9 Å². The second kappa shape index (κ2) is 10.3. The average molecular weight is 447 g/mol. The van der Waals surface area contributed by atoms with Crippen LogP contribution in [0.2, 0.25) is 0 Å². The minimum atomic E-state index is -0.292. The van der Waals surface area contributed by atoms with Crippen LogP contribution in [0.1, 0.15) is 54.8 Å². The Labute approximate surface area is 175 Å². The molecule has 0 aromatic heterocycles. The van der Waals surface area contributed by atoms with Crippen LogP contribution in [0.5, 0.6) is 5.75 Å². The van der Waals surface area contributed by atoms with E-state index in [1.807, 2.05) is 13.8 Å². The summed E-state index contributed by atoms with van der Waals surface area (Å²) in [7, 11) is 0. The molecular weight excluding hydrogens is 420 g/mol. The van der Waals surface area contributed by atoms with Crippen LogP contribution in [-0.4, -0.2) is 24.5 Å². The van der Waals surface area contributed by atoms with Gasteiger partial charge < -0.3 is 15.4 Å². The lowest BCUT2D eigenvalue weighted by Crippen LogP contribution is -2.32. The molecule has 0 aliphatic heterocycles. The Morgan fingerprint density at radius 2 is 1.79 bits per heavy atom. The van der Waals surface area contributed by atoms with Gasteiger partial charge in [-0.1, -0.05) is 32.9 Å². The molecule has 2 rings (SSSR count). The first-order valence-corrected chi connectivity index (χ1v) is 10.2. The molecule has 6 heteroatoms. The van der Waals surface area contributed by atoms with Crippen molar-refractivity contribution in [3.05, 3.63) is 58.1 Å². The first kappa shape index (κ1) is 22.0. The molecule has 0 fully saturated rings. The minimum Gasteiger partial charge on any atom is -0.492 e. The third kappa shape index (κ3) is 6.09. The number of ether oxygens (including phenoxy) is 1. The predicted octanol–water partition coefficient (Wildman–Crippen LogP) is 5.26. The van der Waals surface area contributed by atoms with Crippen molar-refractivity contribution < 1.29 is 14.3 Å². The van der Waals surface area contributed by atoms with E-state index in [1.165, 1.54) is 0 Å². The van der Waals surface area contributed by atoms with E-state index >= 15 is 0 Å². The number of carbonyl (C=O) groups excluding carboxylic acids is 2. The third-order valence-electron chi connectivity index (χ3n) is 4.18. The highest BCUT2D eigenvalue weighted by Gasteiger charge is 2.16. The largest absolute Gasteiger partial charge is 0.492 e. The van der Waals surface area contributed by atoms with Gasteiger partial charge in [-0.25, -0.2) is 0 Å². The van der Waals surface area contributed by atoms with Crippen LogP contribution in [0.3, 0.4) is 0 Å². The summed E-state index contributed by atoms with van der Waals surface area (Å²) in [4.78, 5) is 25.2. The number of para-hydroxylation sites is 1. The van der Waals surface area contributed by atoms with Gasteiger partial charge in [0.2, 0.25) is 0 Å². The Morgan fingerprint density at radius 3 is 2.43 bits per heavy atom. The summed E-state index contributed by atoms with van der Waals surface area (Å²) < 4.78 is 6.43. The van der Waals surface area contributed by atoms with Crippen LogP contribution in [-0.2, 0) is 0 Å². The molecule has 0 saturated heterocycles. The fraction of sp³-hybridized carbons (Fsp3) is 0.364. The standard InChI is InChI=1S/C22H27BrN2O3/c1-5-15(4)24-22(27)17-8-6-7-9-19(17)25-21(26)16-10-11-20(18(23)12-16)28-13-14(2)3/h6-12,14-15H,5,13H2,1-4H3,(H,24,27)(H,25,26). The van der Waals surface area contributed by atoms with Crippen LogP contribution in [0.15, 0.2) is 46.9 Å². The fourth-order valence-electron chi connectivity index (χ4n) is 2.40. The second-order valence-electron chi connectivity index (χ2n) is 7.13. The molecule has 2 aromatic carbocycles. The molecule has 2 amide bonds. The maximum atomic E-state index is 12.7. The van der Waals surface area contributed by atoms with Gasteiger partial charge in [-0.05, 0) is 65.5 Å². The number of rotatable bonds is 8. The smallest absolute Gasteiger partial charge is 0.255 e. The summed E-state index contributed by atoms with van der Waals surface area (Å²) in [6, 6.07) is 12.2. The molecule has 28 heavy (non-hydrogen) atoms. The molecule has 1 atom stereocenters. The Hall–Kier alpha value is -2.34. The Kier molecular flexibility index (Phi) is 8.05. The zero-order valence-corrected chi connectivity index (χ0v) is 18.3. The molecular formula is C22H27BrN2O3. The zero-order chi connectivity index (χ0) is 20.7. The lowest BCUT2D eigenvalue weighted by atomic mass is 10.1. The summed E-state index contributed by atoms with van der Waals surface area (Å²) in [6.45, 7) is 8.70. The van der Waals surface area contributed by atoms with Gasteiger partial charge in [0.05, 0.1) is 22.3 Å². The summed E-state index contributed by atoms with van der Waals surface area (Å²) >= 11 is 3.45. The van der Waals surface area contributed by atoms with E-state index in [4.69, 9.17) is 4.74 Å². The topological polar surface area (TPSA) is 67.4 Å². The molecule has 0 saturated carbocycles. The van der Waals surface area contributed by atoms with Crippen molar-refractivity contribution in [3.63, 3.8) is 0 Å². The highest BCUT2D eigenvalue weighted by molar-refractivity contribution is 9.10. The molecule has 0 aliphatic carbocycles. The normalized spacial score (nSPS) is 11.8. The molecule has 5 nitrogen and oxygen atoms in total. The molecule has 0 radical (unpaired) electrons. The number of halogens is 1. The van der Waals surface area contributed by atoms with Gasteiger partial charge in [-0.2, -0.15) is 0 Å². The number of amides is 2. The summed E-state index contributed by atoms with van der Waals surface area (Å²) in [5.41, 5.74) is 1.39. The molecule has 0 spiro atoms. The minimum absolute atomic E-state index is 0.0607. The van der Waals surface area contributed by atoms with Crippen molar-refractivity contribution in [2.24, 2.45) is 5.92 Å². The van der Waals surface area contributed by atoms with Crippen molar-refractivity contribution in [1.29, 1.82) is 0 Å². The van der Waals surface area contributed by atoms with Crippen LogP contribution in [0.4, 0.5) is 5.69 Å². The number of carbonyl (C=O) groups is 2. The predicted molar refractivity (Wildman–Crippen MR) is 116 cm³/mol. The number of nitrogens with one attached hydrogen (secondary N) is 2. The van der Waals surface area contributed by atoms with E-state index in [0.29, 0.717) is 39.6 Å². The lowest BCUT2D eigenvalue weighted by Gasteiger charge is -2.15. The molecule has 2 aromatic rings. The van der Waals surface area contributed by atoms with Crippen molar-refractivity contribution in [1.82, 2.24) is 5.32 Å². The number of benzene rings is 2. The zero-order valence-electron chi connectivity index (χ0n) is 16.7. The van der Waals surface area contributed by atoms with E-state index in [1.54, 1.807) is 42.5 Å². The van der Waals surface area contributed by atoms with E-state index in [-0.39, 0.29) is 17.9 Å². The Bertz CT molecular complexity index is 836. The molecule has 1 unspecified atom stereocenters. The third-order valence-corrected chi connectivity index (χ3v) is 4.80. The Morgan fingerprint density at radius 1 is 1.07 bits per heavy atom. The van der Waals surface area contributed by atoms with Crippen molar-refractivity contribution in [2.75, 3.05) is 11.9 Å². The number of hydrogen-bond acceptors (Lipinski definition) is 3. The van der Waals surface area contributed by atoms with Gasteiger partial charge >= 0.3 is 0 Å². The summed E-state index contributed by atoms with van der Waals surface area (Å²) in [5.74, 6) is 0.607. The Balaban J connectivity index is 2.15. The molecule has 2 N–H and O–H groups in total. The van der Waals surface area contributed by atoms with Gasteiger partial charge in [0.15, 0.2) is 0 Å². The summed E-state index contributed by atoms with van der Waals surface area (Å²) in [5, 5.41) is 5.76. The van der Waals surface area contributed by atoms with E-state index in [0.717, 1.165) is 6.42 Å². The van der Waals surface area contributed by atoms with E-state index < -0.39 is 0 Å². The van der Waals surface area contributed by atoms with E-state index in [9.17, 15) is 9.59 Å². The SMILES string of the molecule is CCC(C)NC(=O)c1ccccc1NC(=O)c1ccc(OCC(C)C)c(Br)c1.